The molecule has 0 aromatic rings. The normalized spacial score (nSPS) is 34.6. The lowest BCUT2D eigenvalue weighted by atomic mass is 9.87. The summed E-state index contributed by atoms with van der Waals surface area (Å²) in [6.45, 7) is 0. The monoisotopic (exact) mass is 211 g/mol. The minimum Gasteiger partial charge on any atom is -0.391 e. The van der Waals surface area contributed by atoms with Gasteiger partial charge in [-0.05, 0) is 32.7 Å². The molecule has 0 unspecified atom stereocenters. The Labute approximate surface area is 93.7 Å². The Morgan fingerprint density at radius 1 is 0.867 bits per heavy atom. The largest absolute Gasteiger partial charge is 0.391 e. The second-order valence-electron chi connectivity index (χ2n) is 5.38. The standard InChI is InChI=1S/C13H25NO/c1-14(11-7-3-2-4-8-11)12-9-5-6-10-13(12)15/h11-13,15H,2-10H2,1H3/t12-,13-/m0/s1. The maximum atomic E-state index is 10.0. The highest BCUT2D eigenvalue weighted by molar-refractivity contribution is 4.86. The van der Waals surface area contributed by atoms with Gasteiger partial charge in [-0.1, -0.05) is 32.1 Å². The first-order valence-electron chi connectivity index (χ1n) is 6.69. The minimum absolute atomic E-state index is 0.0642. The van der Waals surface area contributed by atoms with Crippen LogP contribution in [0.25, 0.3) is 0 Å². The second-order valence-corrected chi connectivity index (χ2v) is 5.38. The van der Waals surface area contributed by atoms with Gasteiger partial charge < -0.3 is 5.11 Å². The molecule has 0 heterocycles. The molecule has 0 aromatic heterocycles. The molecule has 0 amide bonds. The summed E-state index contributed by atoms with van der Waals surface area (Å²) >= 11 is 0. The molecule has 2 heteroatoms. The van der Waals surface area contributed by atoms with E-state index >= 15 is 0 Å². The van der Waals surface area contributed by atoms with Crippen molar-refractivity contribution in [1.82, 2.24) is 4.90 Å². The van der Waals surface area contributed by atoms with Crippen molar-refractivity contribution < 1.29 is 5.11 Å². The van der Waals surface area contributed by atoms with Crippen LogP contribution < -0.4 is 0 Å². The van der Waals surface area contributed by atoms with Gasteiger partial charge in [0.25, 0.3) is 0 Å². The maximum absolute atomic E-state index is 10.0. The Balaban J connectivity index is 1.89. The van der Waals surface area contributed by atoms with Crippen LogP contribution in [0.5, 0.6) is 0 Å². The van der Waals surface area contributed by atoms with Crippen LogP contribution in [0.4, 0.5) is 0 Å². The molecule has 0 radical (unpaired) electrons. The fourth-order valence-corrected chi connectivity index (χ4v) is 3.33. The predicted octanol–water partition coefficient (Wildman–Crippen LogP) is 2.55. The van der Waals surface area contributed by atoms with Crippen molar-refractivity contribution in [2.75, 3.05) is 7.05 Å². The molecule has 2 aliphatic rings. The van der Waals surface area contributed by atoms with Crippen molar-refractivity contribution in [1.29, 1.82) is 0 Å². The van der Waals surface area contributed by atoms with Crippen molar-refractivity contribution in [3.8, 4) is 0 Å². The molecule has 2 aliphatic carbocycles. The van der Waals surface area contributed by atoms with Crippen LogP contribution in [0, 0.1) is 0 Å². The fourth-order valence-electron chi connectivity index (χ4n) is 3.33. The van der Waals surface area contributed by atoms with Crippen LogP contribution in [-0.4, -0.2) is 35.2 Å². The SMILES string of the molecule is CN(C1CCCCC1)[C@H]1CCCC[C@@H]1O. The quantitative estimate of drug-likeness (QED) is 0.759. The van der Waals surface area contributed by atoms with Crippen LogP contribution in [0.1, 0.15) is 57.8 Å². The number of likely N-dealkylation sites (N-methyl/N-ethyl adjacent to an activating group) is 1. The zero-order chi connectivity index (χ0) is 10.7. The van der Waals surface area contributed by atoms with Crippen molar-refractivity contribution in [2.24, 2.45) is 0 Å². The van der Waals surface area contributed by atoms with Crippen molar-refractivity contribution in [3.63, 3.8) is 0 Å². The fraction of sp³-hybridized carbons (Fsp3) is 1.00. The lowest BCUT2D eigenvalue weighted by Crippen LogP contribution is -2.48. The van der Waals surface area contributed by atoms with E-state index < -0.39 is 0 Å². The molecular formula is C13H25NO. The number of hydrogen-bond acceptors (Lipinski definition) is 2. The van der Waals surface area contributed by atoms with Crippen LogP contribution in [0.3, 0.4) is 0 Å². The summed E-state index contributed by atoms with van der Waals surface area (Å²) in [6.07, 6.45) is 11.6. The molecule has 88 valence electrons. The summed E-state index contributed by atoms with van der Waals surface area (Å²) in [4.78, 5) is 2.49. The third-order valence-electron chi connectivity index (χ3n) is 4.37. The lowest BCUT2D eigenvalue weighted by Gasteiger charge is -2.41. The van der Waals surface area contributed by atoms with Crippen molar-refractivity contribution >= 4 is 0 Å². The van der Waals surface area contributed by atoms with Gasteiger partial charge in [0, 0.05) is 12.1 Å². The number of rotatable bonds is 2. The van der Waals surface area contributed by atoms with E-state index in [0.717, 1.165) is 12.5 Å². The smallest absolute Gasteiger partial charge is 0.0695 e. The zero-order valence-electron chi connectivity index (χ0n) is 9.99. The number of nitrogens with zero attached hydrogens (tertiary/aromatic N) is 1. The van der Waals surface area contributed by atoms with Crippen LogP contribution in [-0.2, 0) is 0 Å². The average Bonchev–Trinajstić information content (AvgIpc) is 2.30. The highest BCUT2D eigenvalue weighted by atomic mass is 16.3. The maximum Gasteiger partial charge on any atom is 0.0695 e. The van der Waals surface area contributed by atoms with Gasteiger partial charge in [-0.25, -0.2) is 0 Å². The van der Waals surface area contributed by atoms with E-state index in [1.807, 2.05) is 0 Å². The summed E-state index contributed by atoms with van der Waals surface area (Å²) in [5.74, 6) is 0. The Bertz CT molecular complexity index is 189. The van der Waals surface area contributed by atoms with Gasteiger partial charge in [0.05, 0.1) is 6.10 Å². The Kier molecular flexibility index (Phi) is 4.04. The van der Waals surface area contributed by atoms with E-state index in [0.29, 0.717) is 6.04 Å². The predicted molar refractivity (Wildman–Crippen MR) is 62.9 cm³/mol. The minimum atomic E-state index is -0.0642. The molecule has 1 N–H and O–H groups in total. The van der Waals surface area contributed by atoms with Gasteiger partial charge in [-0.3, -0.25) is 4.90 Å². The molecule has 2 fully saturated rings. The summed E-state index contributed by atoms with van der Waals surface area (Å²) < 4.78 is 0. The summed E-state index contributed by atoms with van der Waals surface area (Å²) in [5, 5.41) is 10.0. The highest BCUT2D eigenvalue weighted by Crippen LogP contribution is 2.28. The lowest BCUT2D eigenvalue weighted by molar-refractivity contribution is 0.00506. The van der Waals surface area contributed by atoms with Crippen molar-refractivity contribution in [3.05, 3.63) is 0 Å². The van der Waals surface area contributed by atoms with Crippen molar-refractivity contribution in [2.45, 2.75) is 76.0 Å². The number of aliphatic hydroxyl groups excluding tert-OH is 1. The van der Waals surface area contributed by atoms with E-state index in [9.17, 15) is 5.11 Å². The van der Waals surface area contributed by atoms with Gasteiger partial charge in [0.2, 0.25) is 0 Å². The Morgan fingerprint density at radius 3 is 2.13 bits per heavy atom. The molecule has 0 saturated heterocycles. The molecular weight excluding hydrogens is 186 g/mol. The number of hydrogen-bond donors (Lipinski definition) is 1. The first-order valence-corrected chi connectivity index (χ1v) is 6.69. The Hall–Kier alpha value is -0.0800. The second kappa shape index (κ2) is 5.31. The molecule has 2 rings (SSSR count). The highest BCUT2D eigenvalue weighted by Gasteiger charge is 2.30. The van der Waals surface area contributed by atoms with Gasteiger partial charge in [-0.2, -0.15) is 0 Å². The third kappa shape index (κ3) is 2.73. The Morgan fingerprint density at radius 2 is 1.47 bits per heavy atom. The first-order chi connectivity index (χ1) is 7.29. The summed E-state index contributed by atoms with van der Waals surface area (Å²) in [6, 6.07) is 1.19. The first kappa shape index (κ1) is 11.4. The summed E-state index contributed by atoms with van der Waals surface area (Å²) in [7, 11) is 2.23. The van der Waals surface area contributed by atoms with E-state index in [-0.39, 0.29) is 6.10 Å². The van der Waals surface area contributed by atoms with E-state index in [1.54, 1.807) is 0 Å². The van der Waals surface area contributed by atoms with Crippen LogP contribution in [0.15, 0.2) is 0 Å². The van der Waals surface area contributed by atoms with E-state index in [4.69, 9.17) is 0 Å². The van der Waals surface area contributed by atoms with E-state index in [1.165, 1.54) is 51.4 Å². The van der Waals surface area contributed by atoms with Gasteiger partial charge in [0.1, 0.15) is 0 Å². The molecule has 2 saturated carbocycles. The topological polar surface area (TPSA) is 23.5 Å². The molecule has 0 spiro atoms. The molecule has 2 atom stereocenters. The van der Waals surface area contributed by atoms with Crippen LogP contribution in [0.2, 0.25) is 0 Å². The average molecular weight is 211 g/mol. The van der Waals surface area contributed by atoms with E-state index in [2.05, 4.69) is 11.9 Å². The molecule has 0 aromatic carbocycles. The van der Waals surface area contributed by atoms with Gasteiger partial charge >= 0.3 is 0 Å². The van der Waals surface area contributed by atoms with Crippen LogP contribution >= 0.6 is 0 Å². The summed E-state index contributed by atoms with van der Waals surface area (Å²) in [5.41, 5.74) is 0. The third-order valence-corrected chi connectivity index (χ3v) is 4.37. The molecule has 0 bridgehead atoms. The molecule has 0 aliphatic heterocycles. The molecule has 2 nitrogen and oxygen atoms in total. The number of aliphatic hydroxyl groups is 1. The zero-order valence-corrected chi connectivity index (χ0v) is 9.99. The molecule has 15 heavy (non-hydrogen) atoms. The van der Waals surface area contributed by atoms with Gasteiger partial charge in [-0.15, -0.1) is 0 Å². The van der Waals surface area contributed by atoms with Gasteiger partial charge in [0.15, 0.2) is 0 Å².